The van der Waals surface area contributed by atoms with Crippen molar-refractivity contribution >= 4 is 64.0 Å². The first-order valence-electron chi connectivity index (χ1n) is 6.89. The predicted octanol–water partition coefficient (Wildman–Crippen LogP) is 4.84. The monoisotopic (exact) mass is 460 g/mol. The summed E-state index contributed by atoms with van der Waals surface area (Å²) in [4.78, 5) is 4.17. The topological polar surface area (TPSA) is 82.3 Å². The highest BCUT2D eigenvalue weighted by atomic mass is 79.9. The first-order chi connectivity index (χ1) is 11.7. The zero-order chi connectivity index (χ0) is 18.4. The Bertz CT molecular complexity index is 1100. The van der Waals surface area contributed by atoms with Crippen molar-refractivity contribution in [1.29, 1.82) is 0 Å². The van der Waals surface area contributed by atoms with Gasteiger partial charge >= 0.3 is 0 Å². The lowest BCUT2D eigenvalue weighted by atomic mass is 9.99. The number of pyridine rings is 1. The number of hydrogen-bond donors (Lipinski definition) is 1. The molecule has 1 aromatic heterocycles. The Hall–Kier alpha value is -1.54. The Morgan fingerprint density at radius 2 is 1.92 bits per heavy atom. The number of aromatic nitrogens is 1. The Morgan fingerprint density at radius 3 is 2.56 bits per heavy atom. The van der Waals surface area contributed by atoms with Gasteiger partial charge in [0.2, 0.25) is 0 Å². The number of ether oxygens (including phenoxy) is 1. The number of nitrogens with two attached hydrogens (primary N) is 1. The Labute approximate surface area is 162 Å². The summed E-state index contributed by atoms with van der Waals surface area (Å²) in [5.74, 6) is 0.753. The van der Waals surface area contributed by atoms with Crippen molar-refractivity contribution in [3.8, 4) is 16.9 Å². The van der Waals surface area contributed by atoms with Gasteiger partial charge in [0.05, 0.1) is 22.5 Å². The normalized spacial score (nSPS) is 11.7. The fourth-order valence-electron chi connectivity index (χ4n) is 2.57. The zero-order valence-electron chi connectivity index (χ0n) is 12.8. The molecule has 0 amide bonds. The maximum atomic E-state index is 12.1. The highest BCUT2D eigenvalue weighted by Gasteiger charge is 2.23. The molecule has 0 fully saturated rings. The van der Waals surface area contributed by atoms with E-state index in [4.69, 9.17) is 32.8 Å². The maximum Gasteiger partial charge on any atom is 0.261 e. The van der Waals surface area contributed by atoms with E-state index in [1.54, 1.807) is 30.3 Å². The third kappa shape index (κ3) is 3.42. The highest BCUT2D eigenvalue weighted by molar-refractivity contribution is 9.10. The Balaban J connectivity index is 2.52. The van der Waals surface area contributed by atoms with Crippen molar-refractivity contribution in [2.45, 2.75) is 4.90 Å². The number of nitrogen functional groups attached to an aromatic ring is 1. The van der Waals surface area contributed by atoms with Crippen molar-refractivity contribution < 1.29 is 13.2 Å². The van der Waals surface area contributed by atoms with E-state index >= 15 is 0 Å². The molecule has 0 aliphatic carbocycles. The summed E-state index contributed by atoms with van der Waals surface area (Å²) in [5.41, 5.74) is 7.09. The predicted molar refractivity (Wildman–Crippen MR) is 104 cm³/mol. The van der Waals surface area contributed by atoms with Gasteiger partial charge in [-0.2, -0.15) is 0 Å². The van der Waals surface area contributed by atoms with Gasteiger partial charge in [0.25, 0.3) is 9.05 Å². The molecular weight excluding hydrogens is 451 g/mol. The number of fused-ring (bicyclic) bond motifs is 1. The minimum Gasteiger partial charge on any atom is -0.496 e. The molecule has 9 heteroatoms. The minimum atomic E-state index is -4.03. The highest BCUT2D eigenvalue weighted by Crippen LogP contribution is 2.43. The number of methoxy groups -OCH3 is 1. The molecule has 1 heterocycles. The van der Waals surface area contributed by atoms with E-state index in [1.165, 1.54) is 13.2 Å². The third-order valence-electron chi connectivity index (χ3n) is 3.63. The summed E-state index contributed by atoms with van der Waals surface area (Å²) >= 11 is 9.54. The largest absolute Gasteiger partial charge is 0.496 e. The van der Waals surface area contributed by atoms with Gasteiger partial charge in [-0.1, -0.05) is 11.6 Å². The fourth-order valence-corrected chi connectivity index (χ4v) is 4.14. The second-order valence-corrected chi connectivity index (χ2v) is 8.94. The molecule has 0 saturated carbocycles. The van der Waals surface area contributed by atoms with Crippen molar-refractivity contribution in [3.63, 3.8) is 0 Å². The van der Waals surface area contributed by atoms with Crippen LogP contribution in [0.25, 0.3) is 22.0 Å². The molecule has 3 rings (SSSR count). The van der Waals surface area contributed by atoms with Gasteiger partial charge in [0.15, 0.2) is 0 Å². The number of rotatable bonds is 3. The van der Waals surface area contributed by atoms with Crippen molar-refractivity contribution in [2.75, 3.05) is 12.8 Å². The number of nitrogens with zero attached hydrogens (tertiary/aromatic N) is 1. The van der Waals surface area contributed by atoms with E-state index in [-0.39, 0.29) is 4.90 Å². The molecular formula is C16H11BrCl2N2O3S. The number of hydrogen-bond acceptors (Lipinski definition) is 5. The van der Waals surface area contributed by atoms with Gasteiger partial charge in [-0.15, -0.1) is 0 Å². The van der Waals surface area contributed by atoms with Crippen LogP contribution in [0, 0.1) is 0 Å². The number of halogens is 3. The molecule has 5 nitrogen and oxygen atoms in total. The summed E-state index contributed by atoms with van der Waals surface area (Å²) in [6, 6.07) is 9.49. The fraction of sp³-hybridized carbons (Fsp3) is 0.0625. The lowest BCUT2D eigenvalue weighted by molar-refractivity contribution is 0.416. The molecule has 0 unspecified atom stereocenters. The van der Waals surface area contributed by atoms with Crippen LogP contribution in [0.5, 0.6) is 5.75 Å². The van der Waals surface area contributed by atoms with E-state index < -0.39 is 9.05 Å². The second-order valence-electron chi connectivity index (χ2n) is 5.15. The molecule has 0 aliphatic rings. The van der Waals surface area contributed by atoms with Crippen LogP contribution in [0.4, 0.5) is 5.82 Å². The summed E-state index contributed by atoms with van der Waals surface area (Å²) in [5, 5.41) is 0.960. The van der Waals surface area contributed by atoms with Crippen molar-refractivity contribution in [2.24, 2.45) is 0 Å². The van der Waals surface area contributed by atoms with Gasteiger partial charge in [0, 0.05) is 31.7 Å². The van der Waals surface area contributed by atoms with Crippen molar-refractivity contribution in [3.05, 3.63) is 45.9 Å². The molecule has 25 heavy (non-hydrogen) atoms. The Morgan fingerprint density at radius 1 is 1.20 bits per heavy atom. The summed E-state index contributed by atoms with van der Waals surface area (Å²) < 4.78 is 30.3. The molecule has 0 atom stereocenters. The summed E-state index contributed by atoms with van der Waals surface area (Å²) in [6.07, 6.45) is 0. The lowest BCUT2D eigenvalue weighted by Crippen LogP contribution is -1.99. The van der Waals surface area contributed by atoms with Crippen LogP contribution < -0.4 is 10.5 Å². The van der Waals surface area contributed by atoms with Crippen LogP contribution in [0.15, 0.2) is 45.8 Å². The standard InChI is InChI=1S/C16H11BrCl2N2O3S/c1-24-13-7-10(17)11(18)6-9(13)16-8-2-5-15(20)21-12(8)3-4-14(16)25(19,22)23/h2-7H,1H3,(H2,20,21). The molecule has 3 aromatic rings. The minimum absolute atomic E-state index is 0.0649. The van der Waals surface area contributed by atoms with E-state index in [9.17, 15) is 8.42 Å². The van der Waals surface area contributed by atoms with Crippen LogP contribution >= 0.6 is 38.2 Å². The lowest BCUT2D eigenvalue weighted by Gasteiger charge is -2.15. The first kappa shape index (κ1) is 18.3. The SMILES string of the molecule is COc1cc(Br)c(Cl)cc1-c1c(S(=O)(=O)Cl)ccc2nc(N)ccc12. The number of benzene rings is 2. The smallest absolute Gasteiger partial charge is 0.261 e. The van der Waals surface area contributed by atoms with Gasteiger partial charge < -0.3 is 10.5 Å². The van der Waals surface area contributed by atoms with Gasteiger partial charge in [-0.3, -0.25) is 0 Å². The maximum absolute atomic E-state index is 12.1. The average Bonchev–Trinajstić information content (AvgIpc) is 2.54. The van der Waals surface area contributed by atoms with Crippen LogP contribution in [0.3, 0.4) is 0 Å². The van der Waals surface area contributed by atoms with Crippen LogP contribution in [-0.4, -0.2) is 20.5 Å². The van der Waals surface area contributed by atoms with Crippen LogP contribution in [0.1, 0.15) is 0 Å². The van der Waals surface area contributed by atoms with Crippen molar-refractivity contribution in [1.82, 2.24) is 4.98 Å². The first-order valence-corrected chi connectivity index (χ1v) is 10.4. The average molecular weight is 462 g/mol. The molecule has 130 valence electrons. The number of anilines is 1. The van der Waals surface area contributed by atoms with Gasteiger partial charge in [-0.05, 0) is 52.3 Å². The molecule has 0 saturated heterocycles. The molecule has 2 aromatic carbocycles. The Kier molecular flexibility index (Phi) is 4.85. The summed E-state index contributed by atoms with van der Waals surface area (Å²) in [6.45, 7) is 0. The molecule has 0 aliphatic heterocycles. The molecule has 0 spiro atoms. The van der Waals surface area contributed by atoms with Crippen LogP contribution in [-0.2, 0) is 9.05 Å². The molecule has 0 radical (unpaired) electrons. The second kappa shape index (κ2) is 6.64. The van der Waals surface area contributed by atoms with Gasteiger partial charge in [0.1, 0.15) is 11.6 Å². The van der Waals surface area contributed by atoms with E-state index in [2.05, 4.69) is 20.9 Å². The quantitative estimate of drug-likeness (QED) is 0.564. The molecule has 2 N–H and O–H groups in total. The van der Waals surface area contributed by atoms with Crippen LogP contribution in [0.2, 0.25) is 5.02 Å². The third-order valence-corrected chi connectivity index (χ3v) is 6.19. The van der Waals surface area contributed by atoms with Gasteiger partial charge in [-0.25, -0.2) is 13.4 Å². The van der Waals surface area contributed by atoms with E-state index in [1.807, 2.05) is 0 Å². The van der Waals surface area contributed by atoms with E-state index in [0.29, 0.717) is 43.1 Å². The summed E-state index contributed by atoms with van der Waals surface area (Å²) in [7, 11) is 3.11. The molecule has 0 bridgehead atoms. The zero-order valence-corrected chi connectivity index (χ0v) is 16.7. The van der Waals surface area contributed by atoms with E-state index in [0.717, 1.165) is 0 Å².